The minimum Gasteiger partial charge on any atom is -0.251 e. The van der Waals surface area contributed by atoms with Gasteiger partial charge in [0.1, 0.15) is 17.7 Å². The maximum absolute atomic E-state index is 14.3. The van der Waals surface area contributed by atoms with Gasteiger partial charge in [0.2, 0.25) is 0 Å². The van der Waals surface area contributed by atoms with Crippen molar-refractivity contribution in [3.63, 3.8) is 0 Å². The monoisotopic (exact) mass is 364 g/mol. The predicted octanol–water partition coefficient (Wildman–Crippen LogP) is 6.50. The van der Waals surface area contributed by atoms with Gasteiger partial charge in [0, 0.05) is 11.1 Å². The fraction of sp³-hybridized carbons (Fsp3) is 0.0435. The van der Waals surface area contributed by atoms with Crippen molar-refractivity contribution >= 4 is 12.2 Å². The molecule has 0 aromatic heterocycles. The molecule has 136 valence electrons. The first-order valence-corrected chi connectivity index (χ1v) is 8.31. The normalized spacial score (nSPS) is 11.8. The van der Waals surface area contributed by atoms with Crippen LogP contribution in [0.4, 0.5) is 8.78 Å². The topological polar surface area (TPSA) is 29.5 Å². The Kier molecular flexibility index (Phi) is 5.60. The quantitative estimate of drug-likeness (QED) is 0.400. The van der Waals surface area contributed by atoms with Gasteiger partial charge >= 0.3 is 0 Å². The molecule has 3 aromatic carbocycles. The van der Waals surface area contributed by atoms with E-state index in [0.29, 0.717) is 27.8 Å². The molecule has 0 saturated heterocycles. The maximum Gasteiger partial charge on any atom is 0.146 e. The summed E-state index contributed by atoms with van der Waals surface area (Å²) in [5, 5.41) is 9.32. The van der Waals surface area contributed by atoms with Crippen molar-refractivity contribution in [2.75, 3.05) is 0 Å². The molecule has 1 atom stereocenters. The van der Waals surface area contributed by atoms with Crippen molar-refractivity contribution in [2.24, 2.45) is 0 Å². The van der Waals surface area contributed by atoms with Gasteiger partial charge < -0.3 is 0 Å². The molecule has 1 unspecified atom stereocenters. The SMILES string of the molecule is C=Cc1ccc(-c2ccc(C(OO)c3ccc(C=C)cc3F)cc2)c(F)c1. The lowest BCUT2D eigenvalue weighted by molar-refractivity contribution is -0.271. The second-order valence-corrected chi connectivity index (χ2v) is 6.04. The van der Waals surface area contributed by atoms with Gasteiger partial charge in [0.15, 0.2) is 0 Å². The summed E-state index contributed by atoms with van der Waals surface area (Å²) in [6.07, 6.45) is 2.11. The third kappa shape index (κ3) is 3.87. The van der Waals surface area contributed by atoms with Crippen molar-refractivity contribution in [3.8, 4) is 11.1 Å². The number of halogens is 2. The van der Waals surface area contributed by atoms with Gasteiger partial charge in [0.05, 0.1) is 0 Å². The molecule has 3 rings (SSSR count). The van der Waals surface area contributed by atoms with Gasteiger partial charge in [-0.3, -0.25) is 5.26 Å². The molecule has 0 aliphatic carbocycles. The average Bonchev–Trinajstić information content (AvgIpc) is 2.70. The van der Waals surface area contributed by atoms with Crippen molar-refractivity contribution < 1.29 is 18.9 Å². The second-order valence-electron chi connectivity index (χ2n) is 6.04. The molecular weight excluding hydrogens is 346 g/mol. The van der Waals surface area contributed by atoms with Crippen LogP contribution in [0.3, 0.4) is 0 Å². The van der Waals surface area contributed by atoms with E-state index in [1.807, 2.05) is 0 Å². The zero-order valence-electron chi connectivity index (χ0n) is 14.5. The summed E-state index contributed by atoms with van der Waals surface area (Å²) in [6.45, 7) is 7.22. The largest absolute Gasteiger partial charge is 0.251 e. The molecule has 0 bridgehead atoms. The Hall–Kier alpha value is -3.08. The van der Waals surface area contributed by atoms with Gasteiger partial charge in [0.25, 0.3) is 0 Å². The van der Waals surface area contributed by atoms with Crippen molar-refractivity contribution in [2.45, 2.75) is 6.10 Å². The molecule has 0 amide bonds. The van der Waals surface area contributed by atoms with Gasteiger partial charge in [-0.25, -0.2) is 13.7 Å². The zero-order chi connectivity index (χ0) is 19.4. The smallest absolute Gasteiger partial charge is 0.146 e. The highest BCUT2D eigenvalue weighted by atomic mass is 19.1. The van der Waals surface area contributed by atoms with Crippen LogP contribution in [0.2, 0.25) is 0 Å². The van der Waals surface area contributed by atoms with E-state index in [-0.39, 0.29) is 11.4 Å². The van der Waals surface area contributed by atoms with E-state index in [1.54, 1.807) is 48.5 Å². The van der Waals surface area contributed by atoms with E-state index >= 15 is 0 Å². The molecule has 0 spiro atoms. The Morgan fingerprint density at radius 2 is 1.41 bits per heavy atom. The Balaban J connectivity index is 1.94. The van der Waals surface area contributed by atoms with Crippen LogP contribution < -0.4 is 0 Å². The first-order chi connectivity index (χ1) is 13.1. The molecule has 2 nitrogen and oxygen atoms in total. The molecule has 4 heteroatoms. The van der Waals surface area contributed by atoms with Crippen LogP contribution in [0, 0.1) is 11.6 Å². The van der Waals surface area contributed by atoms with Crippen LogP contribution in [-0.4, -0.2) is 5.26 Å². The molecule has 0 fully saturated rings. The van der Waals surface area contributed by atoms with Crippen LogP contribution in [0.15, 0.2) is 73.8 Å². The zero-order valence-corrected chi connectivity index (χ0v) is 14.5. The Morgan fingerprint density at radius 3 is 1.93 bits per heavy atom. The van der Waals surface area contributed by atoms with E-state index in [2.05, 4.69) is 18.0 Å². The van der Waals surface area contributed by atoms with Crippen LogP contribution in [0.25, 0.3) is 23.3 Å². The second kappa shape index (κ2) is 8.08. The number of rotatable bonds is 6. The fourth-order valence-electron chi connectivity index (χ4n) is 2.91. The fourth-order valence-corrected chi connectivity index (χ4v) is 2.91. The summed E-state index contributed by atoms with van der Waals surface area (Å²) in [5.74, 6) is -0.872. The van der Waals surface area contributed by atoms with Crippen LogP contribution in [-0.2, 0) is 4.89 Å². The summed E-state index contributed by atoms with van der Waals surface area (Å²) in [6, 6.07) is 16.1. The van der Waals surface area contributed by atoms with Gasteiger partial charge in [-0.2, -0.15) is 0 Å². The average molecular weight is 364 g/mol. The highest BCUT2D eigenvalue weighted by Gasteiger charge is 2.19. The van der Waals surface area contributed by atoms with Crippen molar-refractivity contribution in [1.29, 1.82) is 0 Å². The highest BCUT2D eigenvalue weighted by molar-refractivity contribution is 5.66. The Labute approximate surface area is 156 Å². The van der Waals surface area contributed by atoms with Gasteiger partial charge in [-0.1, -0.05) is 73.8 Å². The van der Waals surface area contributed by atoms with Crippen LogP contribution in [0.1, 0.15) is 28.4 Å². The maximum atomic E-state index is 14.3. The minimum atomic E-state index is -0.995. The molecule has 0 heterocycles. The Bertz CT molecular complexity index is 978. The molecule has 1 N–H and O–H groups in total. The van der Waals surface area contributed by atoms with Crippen LogP contribution in [0.5, 0.6) is 0 Å². The first kappa shape index (κ1) is 18.7. The molecule has 3 aromatic rings. The van der Waals surface area contributed by atoms with E-state index in [9.17, 15) is 14.0 Å². The van der Waals surface area contributed by atoms with E-state index < -0.39 is 11.9 Å². The van der Waals surface area contributed by atoms with Crippen LogP contribution >= 0.6 is 0 Å². The number of hydrogen-bond donors (Lipinski definition) is 1. The minimum absolute atomic E-state index is 0.192. The molecule has 0 saturated carbocycles. The number of hydrogen-bond acceptors (Lipinski definition) is 2. The third-order valence-corrected chi connectivity index (χ3v) is 4.40. The van der Waals surface area contributed by atoms with Gasteiger partial charge in [-0.05, 0) is 34.4 Å². The highest BCUT2D eigenvalue weighted by Crippen LogP contribution is 2.31. The van der Waals surface area contributed by atoms with E-state index in [1.165, 1.54) is 24.3 Å². The lowest BCUT2D eigenvalue weighted by atomic mass is 9.96. The summed E-state index contributed by atoms with van der Waals surface area (Å²) in [7, 11) is 0. The van der Waals surface area contributed by atoms with E-state index in [0.717, 1.165) is 0 Å². The third-order valence-electron chi connectivity index (χ3n) is 4.40. The standard InChI is InChI=1S/C23H18F2O2/c1-3-15-5-11-19(21(24)13-15)17-7-9-18(10-8-17)23(27-26)20-12-6-16(4-2)14-22(20)25/h3-14,23,26H,1-2H2. The van der Waals surface area contributed by atoms with Gasteiger partial charge in [-0.15, -0.1) is 0 Å². The lowest BCUT2D eigenvalue weighted by Crippen LogP contribution is -2.06. The molecule has 0 aliphatic rings. The predicted molar refractivity (Wildman–Crippen MR) is 104 cm³/mol. The van der Waals surface area contributed by atoms with E-state index in [4.69, 9.17) is 0 Å². The van der Waals surface area contributed by atoms with Crippen molar-refractivity contribution in [3.05, 3.63) is 108 Å². The molecule has 0 radical (unpaired) electrons. The summed E-state index contributed by atoms with van der Waals surface area (Å²) in [5.41, 5.74) is 3.15. The summed E-state index contributed by atoms with van der Waals surface area (Å²) >= 11 is 0. The summed E-state index contributed by atoms with van der Waals surface area (Å²) in [4.78, 5) is 4.53. The first-order valence-electron chi connectivity index (χ1n) is 8.31. The lowest BCUT2D eigenvalue weighted by Gasteiger charge is -2.16. The molecule has 27 heavy (non-hydrogen) atoms. The molecule has 0 aliphatic heterocycles. The Morgan fingerprint density at radius 1 is 0.815 bits per heavy atom. The van der Waals surface area contributed by atoms with Crippen molar-refractivity contribution in [1.82, 2.24) is 0 Å². The summed E-state index contributed by atoms with van der Waals surface area (Å²) < 4.78 is 28.6. The molecular formula is C23H18F2O2. The number of benzene rings is 3.